The smallest absolute Gasteiger partial charge is 0.0672 e. The molecule has 0 radical (unpaired) electrons. The van der Waals surface area contributed by atoms with Gasteiger partial charge in [-0.05, 0) is 31.1 Å². The Kier molecular flexibility index (Phi) is 2.67. The monoisotopic (exact) mass is 218 g/mol. The van der Waals surface area contributed by atoms with Crippen LogP contribution in [0.4, 0.5) is 0 Å². The van der Waals surface area contributed by atoms with Gasteiger partial charge in [-0.2, -0.15) is 5.26 Å². The number of rotatable bonds is 1. The molecule has 2 atom stereocenters. The normalized spacial score (nSPS) is 38.2. The zero-order valence-corrected chi connectivity index (χ0v) is 10.1. The fraction of sp³-hybridized carbons (Fsp3) is 0.929. The van der Waals surface area contributed by atoms with Gasteiger partial charge in [0, 0.05) is 19.1 Å². The highest BCUT2D eigenvalue weighted by Gasteiger charge is 2.47. The van der Waals surface area contributed by atoms with Crippen LogP contribution >= 0.6 is 0 Å². The van der Waals surface area contributed by atoms with Crippen LogP contribution in [0.15, 0.2) is 0 Å². The van der Waals surface area contributed by atoms with Crippen LogP contribution in [0.2, 0.25) is 0 Å². The fourth-order valence-electron chi connectivity index (χ4n) is 4.20. The molecule has 16 heavy (non-hydrogen) atoms. The molecule has 3 fully saturated rings. The predicted octanol–water partition coefficient (Wildman–Crippen LogP) is 2.94. The Morgan fingerprint density at radius 1 is 1.00 bits per heavy atom. The van der Waals surface area contributed by atoms with Gasteiger partial charge in [0.05, 0.1) is 12.0 Å². The van der Waals surface area contributed by atoms with Gasteiger partial charge in [0.25, 0.3) is 0 Å². The largest absolute Gasteiger partial charge is 0.298 e. The molecule has 2 heteroatoms. The molecule has 3 rings (SSSR count). The predicted molar refractivity (Wildman–Crippen MR) is 63.8 cm³/mol. The summed E-state index contributed by atoms with van der Waals surface area (Å²) in [6, 6.07) is 3.12. The summed E-state index contributed by atoms with van der Waals surface area (Å²) in [5, 5.41) is 9.13. The highest BCUT2D eigenvalue weighted by atomic mass is 15.2. The molecule has 1 spiro atoms. The first-order valence-electron chi connectivity index (χ1n) is 6.97. The van der Waals surface area contributed by atoms with Crippen LogP contribution in [0, 0.1) is 22.7 Å². The molecular weight excluding hydrogens is 196 g/mol. The Bertz CT molecular complexity index is 290. The first-order chi connectivity index (χ1) is 7.83. The highest BCUT2D eigenvalue weighted by Crippen LogP contribution is 2.47. The standard InChI is InChI=1S/C14H22N2/c15-9-12-5-4-6-13(12)16-10-14(11-16)7-2-1-3-8-14/h12-13H,1-8,10-11H2. The van der Waals surface area contributed by atoms with E-state index in [0.717, 1.165) is 6.42 Å². The van der Waals surface area contributed by atoms with Crippen molar-refractivity contribution in [3.63, 3.8) is 0 Å². The Labute approximate surface area is 98.6 Å². The van der Waals surface area contributed by atoms with Crippen molar-refractivity contribution in [2.75, 3.05) is 13.1 Å². The number of hydrogen-bond donors (Lipinski definition) is 0. The van der Waals surface area contributed by atoms with Crippen LogP contribution in [0.3, 0.4) is 0 Å². The summed E-state index contributed by atoms with van der Waals surface area (Å²) in [5.74, 6) is 0.334. The maximum absolute atomic E-state index is 9.13. The van der Waals surface area contributed by atoms with Crippen molar-refractivity contribution in [2.24, 2.45) is 11.3 Å². The third kappa shape index (κ3) is 1.66. The average molecular weight is 218 g/mol. The van der Waals surface area contributed by atoms with Crippen molar-refractivity contribution in [2.45, 2.75) is 57.4 Å². The second kappa shape index (κ2) is 4.04. The van der Waals surface area contributed by atoms with Crippen molar-refractivity contribution in [3.8, 4) is 6.07 Å². The van der Waals surface area contributed by atoms with E-state index in [-0.39, 0.29) is 0 Å². The molecule has 0 amide bonds. The lowest BCUT2D eigenvalue weighted by molar-refractivity contribution is -0.0590. The number of nitrogens with zero attached hydrogens (tertiary/aromatic N) is 2. The minimum Gasteiger partial charge on any atom is -0.298 e. The molecule has 2 aliphatic carbocycles. The molecule has 2 nitrogen and oxygen atoms in total. The van der Waals surface area contributed by atoms with Crippen molar-refractivity contribution in [1.29, 1.82) is 5.26 Å². The Morgan fingerprint density at radius 2 is 1.75 bits per heavy atom. The molecule has 88 valence electrons. The number of hydrogen-bond acceptors (Lipinski definition) is 2. The molecule has 1 heterocycles. The maximum atomic E-state index is 9.13. The van der Waals surface area contributed by atoms with Crippen LogP contribution in [0.25, 0.3) is 0 Å². The second-order valence-electron chi connectivity index (χ2n) is 6.20. The third-order valence-electron chi connectivity index (χ3n) is 5.11. The molecular formula is C14H22N2. The van der Waals surface area contributed by atoms with E-state index in [2.05, 4.69) is 11.0 Å². The van der Waals surface area contributed by atoms with Gasteiger partial charge in [0.15, 0.2) is 0 Å². The summed E-state index contributed by atoms with van der Waals surface area (Å²) in [7, 11) is 0. The molecule has 0 N–H and O–H groups in total. The molecule has 0 aromatic carbocycles. The van der Waals surface area contributed by atoms with E-state index in [0.29, 0.717) is 17.4 Å². The number of nitriles is 1. The topological polar surface area (TPSA) is 27.0 Å². The van der Waals surface area contributed by atoms with E-state index in [4.69, 9.17) is 5.26 Å². The van der Waals surface area contributed by atoms with Gasteiger partial charge >= 0.3 is 0 Å². The van der Waals surface area contributed by atoms with Crippen LogP contribution in [0.1, 0.15) is 51.4 Å². The van der Waals surface area contributed by atoms with Crippen LogP contribution in [0.5, 0.6) is 0 Å². The molecule has 3 aliphatic rings. The summed E-state index contributed by atoms with van der Waals surface area (Å²) in [4.78, 5) is 2.62. The van der Waals surface area contributed by atoms with Crippen LogP contribution in [-0.4, -0.2) is 24.0 Å². The first kappa shape index (κ1) is 10.6. The summed E-state index contributed by atoms with van der Waals surface area (Å²) in [6.07, 6.45) is 10.9. The summed E-state index contributed by atoms with van der Waals surface area (Å²) < 4.78 is 0. The van der Waals surface area contributed by atoms with E-state index < -0.39 is 0 Å². The van der Waals surface area contributed by atoms with E-state index >= 15 is 0 Å². The zero-order chi connectivity index (χ0) is 11.0. The van der Waals surface area contributed by atoms with Gasteiger partial charge in [0.2, 0.25) is 0 Å². The fourth-order valence-corrected chi connectivity index (χ4v) is 4.20. The zero-order valence-electron chi connectivity index (χ0n) is 10.1. The maximum Gasteiger partial charge on any atom is 0.0672 e. The van der Waals surface area contributed by atoms with Gasteiger partial charge in [-0.15, -0.1) is 0 Å². The molecule has 0 aromatic rings. The van der Waals surface area contributed by atoms with Gasteiger partial charge in [0.1, 0.15) is 0 Å². The quantitative estimate of drug-likeness (QED) is 0.676. The van der Waals surface area contributed by atoms with Crippen molar-refractivity contribution in [1.82, 2.24) is 4.90 Å². The van der Waals surface area contributed by atoms with E-state index in [1.54, 1.807) is 0 Å². The van der Waals surface area contributed by atoms with Gasteiger partial charge < -0.3 is 0 Å². The molecule has 2 saturated carbocycles. The van der Waals surface area contributed by atoms with Crippen LogP contribution < -0.4 is 0 Å². The van der Waals surface area contributed by atoms with Gasteiger partial charge in [-0.1, -0.05) is 25.7 Å². The molecule has 2 unspecified atom stereocenters. The Hall–Kier alpha value is -0.550. The molecule has 1 saturated heterocycles. The second-order valence-corrected chi connectivity index (χ2v) is 6.20. The molecule has 1 aliphatic heterocycles. The number of likely N-dealkylation sites (tertiary alicyclic amines) is 1. The lowest BCUT2D eigenvalue weighted by atomic mass is 9.68. The summed E-state index contributed by atoms with van der Waals surface area (Å²) in [6.45, 7) is 2.60. The van der Waals surface area contributed by atoms with Crippen molar-refractivity contribution >= 4 is 0 Å². The van der Waals surface area contributed by atoms with E-state index in [1.165, 1.54) is 58.0 Å². The Morgan fingerprint density at radius 3 is 2.44 bits per heavy atom. The third-order valence-corrected chi connectivity index (χ3v) is 5.11. The SMILES string of the molecule is N#CC1CCCC1N1CC2(CCCCC2)C1. The average Bonchev–Trinajstić information content (AvgIpc) is 2.74. The Balaban J connectivity index is 1.58. The minimum absolute atomic E-state index is 0.334. The van der Waals surface area contributed by atoms with E-state index in [9.17, 15) is 0 Å². The first-order valence-corrected chi connectivity index (χ1v) is 6.97. The summed E-state index contributed by atoms with van der Waals surface area (Å²) in [5.41, 5.74) is 0.681. The lowest BCUT2D eigenvalue weighted by Gasteiger charge is -2.55. The van der Waals surface area contributed by atoms with Gasteiger partial charge in [-0.3, -0.25) is 4.90 Å². The lowest BCUT2D eigenvalue weighted by Crippen LogP contribution is -2.61. The van der Waals surface area contributed by atoms with Gasteiger partial charge in [-0.25, -0.2) is 0 Å². The summed E-state index contributed by atoms with van der Waals surface area (Å²) >= 11 is 0. The molecule has 0 aromatic heterocycles. The van der Waals surface area contributed by atoms with Crippen molar-refractivity contribution < 1.29 is 0 Å². The highest BCUT2D eigenvalue weighted by molar-refractivity contribution is 5.05. The minimum atomic E-state index is 0.334. The van der Waals surface area contributed by atoms with E-state index in [1.807, 2.05) is 0 Å². The van der Waals surface area contributed by atoms with Crippen molar-refractivity contribution in [3.05, 3.63) is 0 Å². The van der Waals surface area contributed by atoms with Crippen LogP contribution in [-0.2, 0) is 0 Å². The molecule has 0 bridgehead atoms.